The van der Waals surface area contributed by atoms with Gasteiger partial charge in [0.2, 0.25) is 0 Å². The van der Waals surface area contributed by atoms with E-state index in [1.807, 2.05) is 11.2 Å². The van der Waals surface area contributed by atoms with Gasteiger partial charge in [0.05, 0.1) is 22.8 Å². The number of likely N-dealkylation sites (tertiary alicyclic amines) is 1. The van der Waals surface area contributed by atoms with Crippen LogP contribution in [0.2, 0.25) is 0 Å². The molecule has 2 fully saturated rings. The van der Waals surface area contributed by atoms with Crippen LogP contribution in [0.1, 0.15) is 26.0 Å². The average molecular weight is 560 g/mol. The van der Waals surface area contributed by atoms with E-state index in [2.05, 4.69) is 26.7 Å². The smallest absolute Gasteiger partial charge is 0.294 e. The summed E-state index contributed by atoms with van der Waals surface area (Å²) in [6, 6.07) is 5.34. The summed E-state index contributed by atoms with van der Waals surface area (Å²) in [6.45, 7) is 8.31. The fourth-order valence-electron chi connectivity index (χ4n) is 5.25. The molecule has 210 valence electrons. The van der Waals surface area contributed by atoms with Crippen molar-refractivity contribution in [2.75, 3.05) is 45.9 Å². The number of hydrogen-bond acceptors (Lipinski definition) is 9. The number of aryl methyl sites for hydroxylation is 2. The van der Waals surface area contributed by atoms with Crippen LogP contribution in [0.5, 0.6) is 5.75 Å². The number of hydrogen-bond donors (Lipinski definition) is 1. The molecule has 2 aliphatic heterocycles. The summed E-state index contributed by atoms with van der Waals surface area (Å²) in [5.74, 6) is 1.48. The Morgan fingerprint density at radius 2 is 1.97 bits per heavy atom. The first-order valence-electron chi connectivity index (χ1n) is 13.2. The van der Waals surface area contributed by atoms with Crippen LogP contribution in [-0.2, 0) is 29.3 Å². The van der Waals surface area contributed by atoms with Gasteiger partial charge in [-0.2, -0.15) is 5.10 Å². The summed E-state index contributed by atoms with van der Waals surface area (Å²) >= 11 is 0. The van der Waals surface area contributed by atoms with Gasteiger partial charge in [-0.25, -0.2) is 13.5 Å². The molecule has 0 spiro atoms. The molecule has 0 bridgehead atoms. The van der Waals surface area contributed by atoms with Crippen molar-refractivity contribution in [1.82, 2.24) is 29.0 Å². The molecule has 0 saturated carbocycles. The molecule has 1 unspecified atom stereocenters. The zero-order valence-corrected chi connectivity index (χ0v) is 23.1. The standard InChI is InChI=1S/C25H33N7O6S/c1-4-6-20-22-23(29(3)28-20)25(33)27-24(26-22)19-9-18(7-8-21(19)37-5-2)39(36)31-13-16(14-31)10-30-11-17(12-30)15-38-32(34)35/h7-9,16-17H,4-6,10-15H2,1-3H3,(H,26,27,33). The number of benzene rings is 1. The monoisotopic (exact) mass is 559 g/mol. The Balaban J connectivity index is 1.30. The zero-order chi connectivity index (χ0) is 27.7. The zero-order valence-electron chi connectivity index (χ0n) is 22.3. The molecule has 2 saturated heterocycles. The van der Waals surface area contributed by atoms with Crippen molar-refractivity contribution in [2.45, 2.75) is 31.6 Å². The number of nitrogens with zero attached hydrogens (tertiary/aromatic N) is 6. The second-order valence-electron chi connectivity index (χ2n) is 10.1. The third kappa shape index (κ3) is 5.68. The number of aromatic nitrogens is 4. The van der Waals surface area contributed by atoms with Gasteiger partial charge in [0.25, 0.3) is 10.6 Å². The third-order valence-corrected chi connectivity index (χ3v) is 8.50. The lowest BCUT2D eigenvalue weighted by Crippen LogP contribution is -2.57. The van der Waals surface area contributed by atoms with Crippen molar-refractivity contribution in [1.29, 1.82) is 0 Å². The lowest BCUT2D eigenvalue weighted by molar-refractivity contribution is -0.759. The predicted molar refractivity (Wildman–Crippen MR) is 144 cm³/mol. The Morgan fingerprint density at radius 3 is 2.67 bits per heavy atom. The fraction of sp³-hybridized carbons (Fsp3) is 0.560. The highest BCUT2D eigenvalue weighted by Gasteiger charge is 2.36. The Bertz CT molecular complexity index is 1440. The van der Waals surface area contributed by atoms with Crippen molar-refractivity contribution in [2.24, 2.45) is 18.9 Å². The van der Waals surface area contributed by atoms with Crippen LogP contribution in [-0.4, -0.2) is 84.2 Å². The molecular weight excluding hydrogens is 526 g/mol. The molecule has 0 aliphatic carbocycles. The van der Waals surface area contributed by atoms with Crippen molar-refractivity contribution in [3.8, 4) is 17.1 Å². The summed E-state index contributed by atoms with van der Waals surface area (Å²) in [6.07, 6.45) is 1.58. The first kappa shape index (κ1) is 27.2. The van der Waals surface area contributed by atoms with E-state index in [1.54, 1.807) is 29.9 Å². The van der Waals surface area contributed by atoms with Crippen molar-refractivity contribution in [3.63, 3.8) is 0 Å². The van der Waals surface area contributed by atoms with E-state index < -0.39 is 16.1 Å². The minimum Gasteiger partial charge on any atom is -0.493 e. The molecule has 4 heterocycles. The number of ether oxygens (including phenoxy) is 1. The van der Waals surface area contributed by atoms with Gasteiger partial charge in [0, 0.05) is 45.7 Å². The fourth-order valence-corrected chi connectivity index (χ4v) is 6.64. The van der Waals surface area contributed by atoms with Gasteiger partial charge in [-0.3, -0.25) is 9.48 Å². The number of nitrogens with one attached hydrogen (secondary N) is 1. The van der Waals surface area contributed by atoms with Crippen LogP contribution < -0.4 is 10.3 Å². The highest BCUT2D eigenvalue weighted by molar-refractivity contribution is 7.82. The van der Waals surface area contributed by atoms with Gasteiger partial charge in [0.1, 0.15) is 34.7 Å². The average Bonchev–Trinajstić information content (AvgIpc) is 3.17. The molecule has 2 aromatic heterocycles. The number of fused-ring (bicyclic) bond motifs is 1. The molecule has 1 N–H and O–H groups in total. The first-order valence-corrected chi connectivity index (χ1v) is 14.3. The van der Waals surface area contributed by atoms with Crippen molar-refractivity contribution >= 4 is 22.0 Å². The maximum absolute atomic E-state index is 13.4. The van der Waals surface area contributed by atoms with E-state index in [-0.39, 0.29) is 18.1 Å². The minimum absolute atomic E-state index is 0.137. The SMILES string of the molecule is CCCc1nn(C)c2c(=O)[nH]c(-c3cc(S(=O)N4CC(CN5CC(CO[N+](=O)[O-])C5)C4)ccc3OCC)nc12. The van der Waals surface area contributed by atoms with Crippen LogP contribution in [0.4, 0.5) is 0 Å². The van der Waals surface area contributed by atoms with Crippen molar-refractivity contribution in [3.05, 3.63) is 44.4 Å². The molecule has 39 heavy (non-hydrogen) atoms. The highest BCUT2D eigenvalue weighted by Crippen LogP contribution is 2.33. The second-order valence-corrected chi connectivity index (χ2v) is 11.6. The van der Waals surface area contributed by atoms with Crippen molar-refractivity contribution < 1.29 is 18.9 Å². The molecule has 1 aromatic carbocycles. The van der Waals surface area contributed by atoms with Gasteiger partial charge in [-0.15, -0.1) is 10.1 Å². The van der Waals surface area contributed by atoms with Gasteiger partial charge in [-0.1, -0.05) is 13.3 Å². The minimum atomic E-state index is -1.38. The van der Waals surface area contributed by atoms with Gasteiger partial charge in [-0.05, 0) is 37.5 Å². The number of rotatable bonds is 12. The molecule has 5 rings (SSSR count). The normalized spacial score (nSPS) is 17.6. The summed E-state index contributed by atoms with van der Waals surface area (Å²) in [7, 11) is 0.355. The van der Waals surface area contributed by atoms with E-state index in [4.69, 9.17) is 9.72 Å². The van der Waals surface area contributed by atoms with Gasteiger partial charge >= 0.3 is 0 Å². The van der Waals surface area contributed by atoms with E-state index >= 15 is 0 Å². The van der Waals surface area contributed by atoms with Gasteiger partial charge < -0.3 is 19.5 Å². The molecule has 14 heteroatoms. The predicted octanol–water partition coefficient (Wildman–Crippen LogP) is 1.77. The first-order chi connectivity index (χ1) is 18.8. The van der Waals surface area contributed by atoms with Crippen LogP contribution in [0, 0.1) is 22.0 Å². The Hall–Kier alpha value is -3.36. The van der Waals surface area contributed by atoms with E-state index in [1.165, 1.54) is 0 Å². The Kier molecular flexibility index (Phi) is 7.96. The van der Waals surface area contributed by atoms with E-state index in [9.17, 15) is 19.1 Å². The van der Waals surface area contributed by atoms with E-state index in [0.29, 0.717) is 65.1 Å². The quantitative estimate of drug-likeness (QED) is 0.259. The lowest BCUT2D eigenvalue weighted by atomic mass is 9.96. The summed E-state index contributed by atoms with van der Waals surface area (Å²) in [4.78, 5) is 38.3. The topological polar surface area (TPSA) is 149 Å². The largest absolute Gasteiger partial charge is 0.493 e. The second kappa shape index (κ2) is 11.4. The Morgan fingerprint density at radius 1 is 1.21 bits per heavy atom. The molecule has 2 aliphatic rings. The summed E-state index contributed by atoms with van der Waals surface area (Å²) < 4.78 is 22.7. The number of aromatic amines is 1. The molecule has 1 atom stereocenters. The maximum atomic E-state index is 13.4. The third-order valence-electron chi connectivity index (χ3n) is 7.08. The van der Waals surface area contributed by atoms with Crippen LogP contribution in [0.25, 0.3) is 22.4 Å². The Labute approximate surface area is 227 Å². The maximum Gasteiger partial charge on any atom is 0.294 e. The van der Waals surface area contributed by atoms with Crippen LogP contribution >= 0.6 is 0 Å². The summed E-state index contributed by atoms with van der Waals surface area (Å²) in [5, 5.41) is 14.1. The molecule has 0 radical (unpaired) electrons. The molecule has 13 nitrogen and oxygen atoms in total. The van der Waals surface area contributed by atoms with Crippen LogP contribution in [0.3, 0.4) is 0 Å². The number of H-pyrrole nitrogens is 1. The lowest BCUT2D eigenvalue weighted by Gasteiger charge is -2.45. The molecule has 0 amide bonds. The van der Waals surface area contributed by atoms with E-state index in [0.717, 1.165) is 31.7 Å². The van der Waals surface area contributed by atoms with Gasteiger partial charge in [0.15, 0.2) is 5.52 Å². The summed E-state index contributed by atoms with van der Waals surface area (Å²) in [5.41, 5.74) is 2.05. The molecule has 3 aromatic rings. The highest BCUT2D eigenvalue weighted by atomic mass is 32.2. The molecular formula is C25H33N7O6S. The van der Waals surface area contributed by atoms with Crippen LogP contribution in [0.15, 0.2) is 27.9 Å².